The van der Waals surface area contributed by atoms with Crippen molar-refractivity contribution in [3.63, 3.8) is 0 Å². The zero-order valence-electron chi connectivity index (χ0n) is 18.8. The van der Waals surface area contributed by atoms with Gasteiger partial charge in [-0.15, -0.1) is 0 Å². The summed E-state index contributed by atoms with van der Waals surface area (Å²) in [6, 6.07) is 17.1. The molecule has 0 unspecified atom stereocenters. The van der Waals surface area contributed by atoms with Crippen LogP contribution >= 0.6 is 0 Å². The number of ether oxygens (including phenoxy) is 1. The molecule has 0 saturated carbocycles. The van der Waals surface area contributed by atoms with Crippen LogP contribution in [0.15, 0.2) is 66.7 Å². The summed E-state index contributed by atoms with van der Waals surface area (Å²) in [6.07, 6.45) is -1.03. The molecule has 170 valence electrons. The number of carbonyl (C=O) groups excluding carboxylic acids is 5. The number of ketones is 2. The van der Waals surface area contributed by atoms with Gasteiger partial charge in [0.1, 0.15) is 0 Å². The lowest BCUT2D eigenvalue weighted by Crippen LogP contribution is -2.29. The van der Waals surface area contributed by atoms with Gasteiger partial charge in [0.05, 0.1) is 22.4 Å². The number of aryl methyl sites for hydroxylation is 1. The zero-order chi connectivity index (χ0) is 24.6. The molecule has 0 N–H and O–H groups in total. The van der Waals surface area contributed by atoms with E-state index < -0.39 is 23.9 Å². The normalized spacial score (nSPS) is 13.4. The third-order valence-electron chi connectivity index (χ3n) is 5.64. The van der Waals surface area contributed by atoms with Gasteiger partial charge in [0, 0.05) is 11.1 Å². The number of rotatable bonds is 6. The molecule has 7 heteroatoms. The highest BCUT2D eigenvalue weighted by Gasteiger charge is 2.37. The van der Waals surface area contributed by atoms with Gasteiger partial charge in [0.25, 0.3) is 11.8 Å². The van der Waals surface area contributed by atoms with Crippen LogP contribution in [0.2, 0.25) is 0 Å². The van der Waals surface area contributed by atoms with E-state index in [0.29, 0.717) is 16.8 Å². The highest BCUT2D eigenvalue weighted by molar-refractivity contribution is 6.34. The standard InChI is InChI=1S/C27H21NO6/c1-15-4-6-19(7-5-15)24(30)17(3)34-27(33)20-10-13-22-23(14-20)26(32)28(25(22)31)21-11-8-18(9-12-21)16(2)29/h4-14,17H,1-3H3/t17-/m0/s1. The summed E-state index contributed by atoms with van der Waals surface area (Å²) in [5.74, 6) is -2.37. The fourth-order valence-corrected chi connectivity index (χ4v) is 3.68. The summed E-state index contributed by atoms with van der Waals surface area (Å²) in [6.45, 7) is 4.81. The molecule has 34 heavy (non-hydrogen) atoms. The molecule has 1 atom stereocenters. The number of hydrogen-bond donors (Lipinski definition) is 0. The van der Waals surface area contributed by atoms with Gasteiger partial charge in [0.2, 0.25) is 5.78 Å². The molecule has 0 aliphatic carbocycles. The number of Topliss-reactive ketones (excluding diaryl/α,β-unsaturated/α-hetero) is 2. The number of carbonyl (C=O) groups is 5. The van der Waals surface area contributed by atoms with Crippen LogP contribution in [0.25, 0.3) is 0 Å². The Morgan fingerprint density at radius 2 is 1.32 bits per heavy atom. The Morgan fingerprint density at radius 1 is 0.765 bits per heavy atom. The number of nitrogens with zero attached hydrogens (tertiary/aromatic N) is 1. The summed E-state index contributed by atoms with van der Waals surface area (Å²) in [7, 11) is 0. The molecule has 0 aromatic heterocycles. The second-order valence-electron chi connectivity index (χ2n) is 8.09. The maximum absolute atomic E-state index is 13.0. The topological polar surface area (TPSA) is 97.8 Å². The molecule has 1 aliphatic rings. The van der Waals surface area contributed by atoms with E-state index >= 15 is 0 Å². The molecule has 4 rings (SSSR count). The largest absolute Gasteiger partial charge is 0.451 e. The van der Waals surface area contributed by atoms with Gasteiger partial charge in [-0.25, -0.2) is 9.69 Å². The van der Waals surface area contributed by atoms with Gasteiger partial charge in [-0.1, -0.05) is 29.8 Å². The second-order valence-corrected chi connectivity index (χ2v) is 8.09. The molecule has 3 aromatic rings. The van der Waals surface area contributed by atoms with E-state index in [4.69, 9.17) is 4.74 Å². The van der Waals surface area contributed by atoms with E-state index in [1.54, 1.807) is 24.3 Å². The van der Waals surface area contributed by atoms with Crippen molar-refractivity contribution in [1.29, 1.82) is 0 Å². The molecular weight excluding hydrogens is 434 g/mol. The lowest BCUT2D eigenvalue weighted by Gasteiger charge is -2.14. The third-order valence-corrected chi connectivity index (χ3v) is 5.64. The number of fused-ring (bicyclic) bond motifs is 1. The Kier molecular flexibility index (Phi) is 5.94. The number of imide groups is 1. The quantitative estimate of drug-likeness (QED) is 0.310. The molecule has 0 fully saturated rings. The minimum atomic E-state index is -1.03. The Bertz CT molecular complexity index is 1340. The van der Waals surface area contributed by atoms with Crippen LogP contribution < -0.4 is 4.90 Å². The van der Waals surface area contributed by atoms with Crippen molar-refractivity contribution < 1.29 is 28.7 Å². The Morgan fingerprint density at radius 3 is 1.94 bits per heavy atom. The van der Waals surface area contributed by atoms with E-state index in [9.17, 15) is 24.0 Å². The van der Waals surface area contributed by atoms with E-state index in [0.717, 1.165) is 10.5 Å². The second kappa shape index (κ2) is 8.86. The minimum Gasteiger partial charge on any atom is -0.451 e. The predicted molar refractivity (Wildman–Crippen MR) is 124 cm³/mol. The number of anilines is 1. The Balaban J connectivity index is 1.53. The SMILES string of the molecule is CC(=O)c1ccc(N2C(=O)c3ccc(C(=O)O[C@@H](C)C(=O)c4ccc(C)cc4)cc3C2=O)cc1. The van der Waals surface area contributed by atoms with Crippen LogP contribution in [0.1, 0.15) is 71.2 Å². The molecule has 0 bridgehead atoms. The first-order valence-electron chi connectivity index (χ1n) is 10.6. The van der Waals surface area contributed by atoms with Crippen LogP contribution in [0, 0.1) is 6.92 Å². The summed E-state index contributed by atoms with van der Waals surface area (Å²) in [5.41, 5.74) is 2.47. The highest BCUT2D eigenvalue weighted by atomic mass is 16.5. The van der Waals surface area contributed by atoms with Crippen molar-refractivity contribution in [2.45, 2.75) is 26.9 Å². The monoisotopic (exact) mass is 455 g/mol. The average Bonchev–Trinajstić information content (AvgIpc) is 3.08. The van der Waals surface area contributed by atoms with Gasteiger partial charge in [-0.3, -0.25) is 19.2 Å². The first-order valence-corrected chi connectivity index (χ1v) is 10.6. The first kappa shape index (κ1) is 22.8. The van der Waals surface area contributed by atoms with Crippen LogP contribution in [0.3, 0.4) is 0 Å². The summed E-state index contributed by atoms with van der Waals surface area (Å²) >= 11 is 0. The van der Waals surface area contributed by atoms with E-state index in [-0.39, 0.29) is 28.3 Å². The average molecular weight is 455 g/mol. The van der Waals surface area contributed by atoms with Crippen LogP contribution in [0.4, 0.5) is 5.69 Å². The van der Waals surface area contributed by atoms with E-state index in [1.165, 1.54) is 56.3 Å². The fraction of sp³-hybridized carbons (Fsp3) is 0.148. The van der Waals surface area contributed by atoms with Gasteiger partial charge in [-0.05, 0) is 63.2 Å². The lowest BCUT2D eigenvalue weighted by atomic mass is 10.0. The number of hydrogen-bond acceptors (Lipinski definition) is 6. The third kappa shape index (κ3) is 4.15. The molecule has 1 heterocycles. The van der Waals surface area contributed by atoms with Gasteiger partial charge in [0.15, 0.2) is 11.9 Å². The number of benzene rings is 3. The van der Waals surface area contributed by atoms with Crippen LogP contribution in [-0.4, -0.2) is 35.5 Å². The number of esters is 1. The molecule has 0 saturated heterocycles. The first-order chi connectivity index (χ1) is 16.2. The van der Waals surface area contributed by atoms with Crippen molar-refractivity contribution >= 4 is 35.0 Å². The molecule has 0 radical (unpaired) electrons. The van der Waals surface area contributed by atoms with Crippen molar-refractivity contribution in [2.24, 2.45) is 0 Å². The molecule has 2 amide bonds. The summed E-state index contributed by atoms with van der Waals surface area (Å²) in [5, 5.41) is 0. The molecule has 0 spiro atoms. The van der Waals surface area contributed by atoms with Crippen molar-refractivity contribution in [3.8, 4) is 0 Å². The minimum absolute atomic E-state index is 0.0530. The molecule has 3 aromatic carbocycles. The summed E-state index contributed by atoms with van der Waals surface area (Å²) in [4.78, 5) is 63.5. The number of amides is 2. The lowest BCUT2D eigenvalue weighted by molar-refractivity contribution is 0.0318. The van der Waals surface area contributed by atoms with E-state index in [2.05, 4.69) is 0 Å². The predicted octanol–water partition coefficient (Wildman–Crippen LogP) is 4.43. The maximum Gasteiger partial charge on any atom is 0.338 e. The van der Waals surface area contributed by atoms with Crippen molar-refractivity contribution in [3.05, 3.63) is 100 Å². The highest BCUT2D eigenvalue weighted by Crippen LogP contribution is 2.29. The van der Waals surface area contributed by atoms with Crippen LogP contribution in [-0.2, 0) is 4.74 Å². The summed E-state index contributed by atoms with van der Waals surface area (Å²) < 4.78 is 5.32. The van der Waals surface area contributed by atoms with Crippen molar-refractivity contribution in [1.82, 2.24) is 0 Å². The van der Waals surface area contributed by atoms with Crippen LogP contribution in [0.5, 0.6) is 0 Å². The van der Waals surface area contributed by atoms with Gasteiger partial charge < -0.3 is 4.74 Å². The molecule has 1 aliphatic heterocycles. The molecule has 7 nitrogen and oxygen atoms in total. The fourth-order valence-electron chi connectivity index (χ4n) is 3.68. The Hall–Kier alpha value is -4.39. The van der Waals surface area contributed by atoms with Gasteiger partial charge >= 0.3 is 5.97 Å². The van der Waals surface area contributed by atoms with Crippen molar-refractivity contribution in [2.75, 3.05) is 4.90 Å². The maximum atomic E-state index is 13.0. The van der Waals surface area contributed by atoms with E-state index in [1.807, 2.05) is 6.92 Å². The molecular formula is C27H21NO6. The zero-order valence-corrected chi connectivity index (χ0v) is 18.8. The van der Waals surface area contributed by atoms with Gasteiger partial charge in [-0.2, -0.15) is 0 Å². The smallest absolute Gasteiger partial charge is 0.338 e. The Labute approximate surface area is 196 Å².